The van der Waals surface area contributed by atoms with Crippen LogP contribution in [0, 0.1) is 0 Å². The van der Waals surface area contributed by atoms with Gasteiger partial charge in [-0.2, -0.15) is 0 Å². The normalized spacial score (nSPS) is 12.7. The first-order valence-corrected chi connectivity index (χ1v) is 7.02. The van der Waals surface area contributed by atoms with Crippen molar-refractivity contribution in [3.8, 4) is 0 Å². The van der Waals surface area contributed by atoms with Gasteiger partial charge in [-0.3, -0.25) is 4.90 Å². The van der Waals surface area contributed by atoms with E-state index in [0.29, 0.717) is 6.04 Å². The molecule has 0 bridgehead atoms. The minimum Gasteiger partial charge on any atom is -0.389 e. The van der Waals surface area contributed by atoms with Gasteiger partial charge in [0, 0.05) is 26.2 Å². The van der Waals surface area contributed by atoms with Crippen LogP contribution >= 0.6 is 0 Å². The van der Waals surface area contributed by atoms with E-state index in [1.54, 1.807) is 7.11 Å². The van der Waals surface area contributed by atoms with E-state index in [0.717, 1.165) is 45.4 Å². The lowest BCUT2D eigenvalue weighted by Crippen LogP contribution is -2.47. The Morgan fingerprint density at radius 1 is 1.12 bits per heavy atom. The van der Waals surface area contributed by atoms with Gasteiger partial charge in [0.25, 0.3) is 0 Å². The van der Waals surface area contributed by atoms with Gasteiger partial charge in [0.05, 0.1) is 12.2 Å². The van der Waals surface area contributed by atoms with Crippen LogP contribution in [0.4, 0.5) is 0 Å². The molecule has 104 valence electrons. The zero-order chi connectivity index (χ0) is 13.3. The third-order valence-corrected chi connectivity index (χ3v) is 3.86. The van der Waals surface area contributed by atoms with Crippen LogP contribution in [0.1, 0.15) is 53.4 Å². The molecule has 3 nitrogen and oxygen atoms in total. The molecule has 0 unspecified atom stereocenters. The molecule has 0 aliphatic rings. The van der Waals surface area contributed by atoms with E-state index in [4.69, 9.17) is 4.74 Å². The van der Waals surface area contributed by atoms with E-state index in [9.17, 15) is 5.11 Å². The molecular formula is C14H31NO2. The average Bonchev–Trinajstić information content (AvgIpc) is 2.36. The van der Waals surface area contributed by atoms with E-state index in [1.807, 2.05) is 0 Å². The van der Waals surface area contributed by atoms with E-state index >= 15 is 0 Å². The van der Waals surface area contributed by atoms with Crippen molar-refractivity contribution in [1.82, 2.24) is 4.90 Å². The molecule has 0 atom stereocenters. The first-order valence-electron chi connectivity index (χ1n) is 7.02. The second kappa shape index (κ2) is 8.90. The molecule has 0 amide bonds. The second-order valence-electron chi connectivity index (χ2n) is 4.87. The van der Waals surface area contributed by atoms with Crippen LogP contribution < -0.4 is 0 Å². The summed E-state index contributed by atoms with van der Waals surface area (Å²) in [7, 11) is 1.73. The zero-order valence-corrected chi connectivity index (χ0v) is 12.3. The Hall–Kier alpha value is -0.120. The summed E-state index contributed by atoms with van der Waals surface area (Å²) in [6.07, 6.45) is 3.88. The Balaban J connectivity index is 4.55. The molecule has 0 rings (SSSR count). The fourth-order valence-electron chi connectivity index (χ4n) is 2.26. The fourth-order valence-corrected chi connectivity index (χ4v) is 2.26. The highest BCUT2D eigenvalue weighted by molar-refractivity contribution is 4.82. The molecule has 0 heterocycles. The van der Waals surface area contributed by atoms with Gasteiger partial charge in [-0.25, -0.2) is 0 Å². The Kier molecular flexibility index (Phi) is 8.83. The van der Waals surface area contributed by atoms with Crippen LogP contribution in [0.5, 0.6) is 0 Å². The summed E-state index contributed by atoms with van der Waals surface area (Å²) in [5.74, 6) is 0. The van der Waals surface area contributed by atoms with Crippen LogP contribution in [0.15, 0.2) is 0 Å². The molecular weight excluding hydrogens is 214 g/mol. The van der Waals surface area contributed by atoms with Crippen LogP contribution in [0.3, 0.4) is 0 Å². The zero-order valence-electron chi connectivity index (χ0n) is 12.3. The molecule has 0 aliphatic heterocycles. The highest BCUT2D eigenvalue weighted by Gasteiger charge is 2.28. The summed E-state index contributed by atoms with van der Waals surface area (Å²) in [4.78, 5) is 2.39. The SMILES string of the molecule is CCC(CC)N(CCOC)CC(O)(CC)CC. The van der Waals surface area contributed by atoms with Crippen molar-refractivity contribution in [3.63, 3.8) is 0 Å². The van der Waals surface area contributed by atoms with Gasteiger partial charge in [-0.15, -0.1) is 0 Å². The van der Waals surface area contributed by atoms with Crippen molar-refractivity contribution < 1.29 is 9.84 Å². The Labute approximate surface area is 107 Å². The maximum atomic E-state index is 10.5. The highest BCUT2D eigenvalue weighted by Crippen LogP contribution is 2.19. The van der Waals surface area contributed by atoms with E-state index < -0.39 is 5.60 Å². The van der Waals surface area contributed by atoms with Crippen molar-refractivity contribution in [2.24, 2.45) is 0 Å². The minimum atomic E-state index is -0.545. The summed E-state index contributed by atoms with van der Waals surface area (Å²) < 4.78 is 5.17. The van der Waals surface area contributed by atoms with Crippen LogP contribution in [-0.4, -0.2) is 48.5 Å². The summed E-state index contributed by atoms with van der Waals surface area (Å²) >= 11 is 0. The predicted octanol–water partition coefficient (Wildman–Crippen LogP) is 2.67. The Morgan fingerprint density at radius 2 is 1.65 bits per heavy atom. The molecule has 0 aromatic heterocycles. The minimum absolute atomic E-state index is 0.545. The number of nitrogens with zero attached hydrogens (tertiary/aromatic N) is 1. The quantitative estimate of drug-likeness (QED) is 0.642. The monoisotopic (exact) mass is 245 g/mol. The smallest absolute Gasteiger partial charge is 0.0769 e. The van der Waals surface area contributed by atoms with E-state index in [1.165, 1.54) is 0 Å². The van der Waals surface area contributed by atoms with Crippen molar-refractivity contribution in [1.29, 1.82) is 0 Å². The molecule has 17 heavy (non-hydrogen) atoms. The topological polar surface area (TPSA) is 32.7 Å². The molecule has 0 spiro atoms. The molecule has 0 fully saturated rings. The van der Waals surface area contributed by atoms with Gasteiger partial charge in [0.1, 0.15) is 0 Å². The molecule has 0 saturated heterocycles. The number of hydrogen-bond acceptors (Lipinski definition) is 3. The van der Waals surface area contributed by atoms with Crippen molar-refractivity contribution in [3.05, 3.63) is 0 Å². The first kappa shape index (κ1) is 16.9. The Bertz CT molecular complexity index is 177. The highest BCUT2D eigenvalue weighted by atomic mass is 16.5. The molecule has 1 N–H and O–H groups in total. The van der Waals surface area contributed by atoms with Gasteiger partial charge < -0.3 is 9.84 Å². The maximum Gasteiger partial charge on any atom is 0.0769 e. The van der Waals surface area contributed by atoms with Crippen molar-refractivity contribution in [2.75, 3.05) is 26.8 Å². The number of rotatable bonds is 10. The standard InChI is InChI=1S/C14H31NO2/c1-6-13(7-2)15(10-11-17-5)12-14(16,8-3)9-4/h13,16H,6-12H2,1-5H3. The Morgan fingerprint density at radius 3 is 2.00 bits per heavy atom. The van der Waals surface area contributed by atoms with E-state index in [2.05, 4.69) is 32.6 Å². The number of methoxy groups -OCH3 is 1. The summed E-state index contributed by atoms with van der Waals surface area (Å²) in [6, 6.07) is 0.551. The van der Waals surface area contributed by atoms with E-state index in [-0.39, 0.29) is 0 Å². The van der Waals surface area contributed by atoms with Gasteiger partial charge >= 0.3 is 0 Å². The second-order valence-corrected chi connectivity index (χ2v) is 4.87. The summed E-state index contributed by atoms with van der Waals surface area (Å²) in [5.41, 5.74) is -0.545. The lowest BCUT2D eigenvalue weighted by Gasteiger charge is -2.37. The number of ether oxygens (including phenoxy) is 1. The average molecular weight is 245 g/mol. The first-order chi connectivity index (χ1) is 8.06. The lowest BCUT2D eigenvalue weighted by atomic mass is 9.95. The lowest BCUT2D eigenvalue weighted by molar-refractivity contribution is -0.0222. The predicted molar refractivity (Wildman–Crippen MR) is 73.4 cm³/mol. The molecule has 3 heteroatoms. The molecule has 0 saturated carbocycles. The fraction of sp³-hybridized carbons (Fsp3) is 1.00. The summed E-state index contributed by atoms with van der Waals surface area (Å²) in [5, 5.41) is 10.5. The molecule has 0 aromatic rings. The molecule has 0 radical (unpaired) electrons. The molecule has 0 aromatic carbocycles. The van der Waals surface area contributed by atoms with Crippen molar-refractivity contribution in [2.45, 2.75) is 65.0 Å². The van der Waals surface area contributed by atoms with Gasteiger partial charge in [0.15, 0.2) is 0 Å². The third-order valence-electron chi connectivity index (χ3n) is 3.86. The van der Waals surface area contributed by atoms with Gasteiger partial charge in [0.2, 0.25) is 0 Å². The summed E-state index contributed by atoms with van der Waals surface area (Å²) in [6.45, 7) is 11.0. The molecule has 0 aliphatic carbocycles. The maximum absolute atomic E-state index is 10.5. The number of aliphatic hydroxyl groups is 1. The third kappa shape index (κ3) is 5.84. The van der Waals surface area contributed by atoms with Gasteiger partial charge in [-0.1, -0.05) is 27.7 Å². The van der Waals surface area contributed by atoms with Crippen LogP contribution in [0.25, 0.3) is 0 Å². The van der Waals surface area contributed by atoms with Gasteiger partial charge in [-0.05, 0) is 25.7 Å². The van der Waals surface area contributed by atoms with Crippen LogP contribution in [0.2, 0.25) is 0 Å². The number of hydrogen-bond donors (Lipinski definition) is 1. The largest absolute Gasteiger partial charge is 0.389 e. The van der Waals surface area contributed by atoms with Crippen molar-refractivity contribution >= 4 is 0 Å². The van der Waals surface area contributed by atoms with Crippen LogP contribution in [-0.2, 0) is 4.74 Å².